The fourth-order valence-corrected chi connectivity index (χ4v) is 3.29. The molecular weight excluding hydrogens is 236 g/mol. The van der Waals surface area contributed by atoms with Gasteiger partial charge in [-0.15, -0.1) is 24.9 Å². The number of oxime groups is 1. The lowest BCUT2D eigenvalue weighted by Crippen LogP contribution is -2.30. The maximum absolute atomic E-state index is 11.0. The van der Waals surface area contributed by atoms with Crippen LogP contribution in [0.3, 0.4) is 0 Å². The Balaban J connectivity index is 2.83. The Morgan fingerprint density at radius 3 is 2.76 bits per heavy atom. The Kier molecular flexibility index (Phi) is 5.28. The predicted molar refractivity (Wildman–Crippen MR) is 72.4 cm³/mol. The summed E-state index contributed by atoms with van der Waals surface area (Å²) < 4.78 is -0.127. The molecule has 1 heterocycles. The third-order valence-electron chi connectivity index (χ3n) is 2.63. The Labute approximate surface area is 106 Å². The highest BCUT2D eigenvalue weighted by Crippen LogP contribution is 2.42. The smallest absolute Gasteiger partial charge is 0.323 e. The molecule has 4 nitrogen and oxygen atoms in total. The Bertz CT molecular complexity index is 329. The summed E-state index contributed by atoms with van der Waals surface area (Å²) >= 11 is 1.82. The van der Waals surface area contributed by atoms with Crippen molar-refractivity contribution in [1.82, 2.24) is 5.32 Å². The lowest BCUT2D eigenvalue weighted by atomic mass is 9.93. The van der Waals surface area contributed by atoms with Gasteiger partial charge in [0.25, 0.3) is 0 Å². The predicted octanol–water partition coefficient (Wildman–Crippen LogP) is 2.73. The van der Waals surface area contributed by atoms with Gasteiger partial charge < -0.3 is 5.32 Å². The van der Waals surface area contributed by atoms with Crippen molar-refractivity contribution in [2.75, 3.05) is 12.8 Å². The van der Waals surface area contributed by atoms with E-state index in [0.29, 0.717) is 0 Å². The third-order valence-corrected chi connectivity index (χ3v) is 4.16. The van der Waals surface area contributed by atoms with Crippen LogP contribution in [-0.4, -0.2) is 29.4 Å². The highest BCUT2D eigenvalue weighted by Gasteiger charge is 2.39. The molecule has 0 aromatic rings. The molecule has 1 aliphatic rings. The van der Waals surface area contributed by atoms with Gasteiger partial charge in [-0.2, -0.15) is 0 Å². The maximum atomic E-state index is 11.0. The van der Waals surface area contributed by atoms with Crippen molar-refractivity contribution < 1.29 is 9.63 Å². The van der Waals surface area contributed by atoms with E-state index in [-0.39, 0.29) is 4.75 Å². The molecule has 1 fully saturated rings. The minimum absolute atomic E-state index is 0.127. The normalized spacial score (nSPS) is 19.9. The fourth-order valence-electron chi connectivity index (χ4n) is 1.83. The lowest BCUT2D eigenvalue weighted by molar-refractivity contribution is 0.152. The molecular formula is C12H18N2O2S. The van der Waals surface area contributed by atoms with Gasteiger partial charge in [0.05, 0.1) is 10.5 Å². The van der Waals surface area contributed by atoms with Gasteiger partial charge in [-0.25, -0.2) is 4.79 Å². The molecule has 5 heteroatoms. The Hall–Kier alpha value is -1.23. The molecule has 0 spiro atoms. The van der Waals surface area contributed by atoms with Crippen molar-refractivity contribution in [3.05, 3.63) is 25.3 Å². The minimum atomic E-state index is -0.541. The second-order valence-electron chi connectivity index (χ2n) is 3.75. The molecule has 0 unspecified atom stereocenters. The molecule has 0 aliphatic carbocycles. The first kappa shape index (κ1) is 13.8. The first-order valence-electron chi connectivity index (χ1n) is 5.50. The third kappa shape index (κ3) is 3.36. The summed E-state index contributed by atoms with van der Waals surface area (Å²) in [6.07, 6.45) is 5.65. The molecule has 1 saturated heterocycles. The molecule has 94 valence electrons. The van der Waals surface area contributed by atoms with E-state index in [1.54, 1.807) is 0 Å². The van der Waals surface area contributed by atoms with Gasteiger partial charge >= 0.3 is 6.09 Å². The van der Waals surface area contributed by atoms with E-state index < -0.39 is 6.09 Å². The van der Waals surface area contributed by atoms with Crippen LogP contribution in [0.5, 0.6) is 0 Å². The number of thioether (sulfide) groups is 1. The van der Waals surface area contributed by atoms with E-state index in [4.69, 9.17) is 4.84 Å². The number of rotatable bonds is 5. The average molecular weight is 254 g/mol. The second kappa shape index (κ2) is 6.49. The molecule has 17 heavy (non-hydrogen) atoms. The molecule has 0 aromatic heterocycles. The van der Waals surface area contributed by atoms with Gasteiger partial charge in [-0.1, -0.05) is 17.3 Å². The van der Waals surface area contributed by atoms with Crippen molar-refractivity contribution in [1.29, 1.82) is 0 Å². The van der Waals surface area contributed by atoms with E-state index in [2.05, 4.69) is 23.6 Å². The van der Waals surface area contributed by atoms with E-state index >= 15 is 0 Å². The van der Waals surface area contributed by atoms with Gasteiger partial charge in [-0.3, -0.25) is 4.84 Å². The van der Waals surface area contributed by atoms with Crippen molar-refractivity contribution in [2.24, 2.45) is 5.16 Å². The monoisotopic (exact) mass is 254 g/mol. The number of hydrogen-bond donors (Lipinski definition) is 1. The zero-order chi connectivity index (χ0) is 12.7. The fraction of sp³-hybridized carbons (Fsp3) is 0.500. The van der Waals surface area contributed by atoms with Crippen LogP contribution < -0.4 is 5.32 Å². The van der Waals surface area contributed by atoms with Crippen LogP contribution in [0.1, 0.15) is 19.3 Å². The summed E-state index contributed by atoms with van der Waals surface area (Å²) in [6.45, 7) is 7.55. The molecule has 0 radical (unpaired) electrons. The largest absolute Gasteiger partial charge is 0.433 e. The summed E-state index contributed by atoms with van der Waals surface area (Å²) in [5.41, 5.74) is 0.908. The summed E-state index contributed by atoms with van der Waals surface area (Å²) in [5.74, 6) is 0.984. The molecule has 0 aromatic carbocycles. The summed E-state index contributed by atoms with van der Waals surface area (Å²) in [4.78, 5) is 15.8. The number of hydrogen-bond acceptors (Lipinski definition) is 4. The Morgan fingerprint density at radius 1 is 1.59 bits per heavy atom. The van der Waals surface area contributed by atoms with Crippen LogP contribution in [0.4, 0.5) is 4.79 Å². The molecule has 0 bridgehead atoms. The van der Waals surface area contributed by atoms with Crippen LogP contribution in [0.2, 0.25) is 0 Å². The van der Waals surface area contributed by atoms with Crippen LogP contribution in [0, 0.1) is 0 Å². The molecule has 0 atom stereocenters. The van der Waals surface area contributed by atoms with Gasteiger partial charge in [0.15, 0.2) is 0 Å². The molecule has 1 amide bonds. The van der Waals surface area contributed by atoms with Crippen LogP contribution in [0.15, 0.2) is 30.5 Å². The van der Waals surface area contributed by atoms with E-state index in [0.717, 1.165) is 30.7 Å². The number of carbonyl (C=O) groups excluding carboxylic acids is 1. The Morgan fingerprint density at radius 2 is 2.24 bits per heavy atom. The zero-order valence-electron chi connectivity index (χ0n) is 10.1. The van der Waals surface area contributed by atoms with Crippen LogP contribution >= 0.6 is 11.8 Å². The summed E-state index contributed by atoms with van der Waals surface area (Å²) in [6, 6.07) is 0. The highest BCUT2D eigenvalue weighted by atomic mass is 32.2. The first-order valence-corrected chi connectivity index (χ1v) is 6.49. The van der Waals surface area contributed by atoms with Gasteiger partial charge in [0.2, 0.25) is 0 Å². The minimum Gasteiger partial charge on any atom is -0.323 e. The van der Waals surface area contributed by atoms with Crippen LogP contribution in [0.25, 0.3) is 0 Å². The summed E-state index contributed by atoms with van der Waals surface area (Å²) in [7, 11) is 1.51. The number of nitrogens with zero attached hydrogens (tertiary/aromatic N) is 1. The number of nitrogens with one attached hydrogen (secondary N) is 1. The lowest BCUT2D eigenvalue weighted by Gasteiger charge is -2.25. The van der Waals surface area contributed by atoms with Crippen molar-refractivity contribution in [3.63, 3.8) is 0 Å². The summed E-state index contributed by atoms with van der Waals surface area (Å²) in [5, 5.41) is 6.34. The van der Waals surface area contributed by atoms with Crippen LogP contribution in [-0.2, 0) is 4.84 Å². The van der Waals surface area contributed by atoms with Gasteiger partial charge in [0, 0.05) is 7.05 Å². The van der Waals surface area contributed by atoms with Crippen molar-refractivity contribution in [3.8, 4) is 0 Å². The topological polar surface area (TPSA) is 50.7 Å². The highest BCUT2D eigenvalue weighted by molar-refractivity contribution is 8.02. The van der Waals surface area contributed by atoms with Gasteiger partial charge in [-0.05, 0) is 25.0 Å². The molecule has 1 N–H and O–H groups in total. The number of allylic oxidation sites excluding steroid dienone is 2. The van der Waals surface area contributed by atoms with Crippen molar-refractivity contribution >= 4 is 23.6 Å². The zero-order valence-corrected chi connectivity index (χ0v) is 10.9. The molecule has 1 rings (SSSR count). The van der Waals surface area contributed by atoms with Gasteiger partial charge in [0.1, 0.15) is 0 Å². The molecule has 0 saturated carbocycles. The van der Waals surface area contributed by atoms with Crippen molar-refractivity contribution in [2.45, 2.75) is 24.0 Å². The maximum Gasteiger partial charge on any atom is 0.433 e. The second-order valence-corrected chi connectivity index (χ2v) is 5.22. The number of carbonyl (C=O) groups is 1. The first-order chi connectivity index (χ1) is 8.18. The standard InChI is InChI=1S/C12H18N2O2S/c1-4-7-12(8-5-2)10(6-9-17-12)14-16-11(15)13-3/h4-5H,1-2,6-9H2,3H3,(H,13,15). The van der Waals surface area contributed by atoms with E-state index in [9.17, 15) is 4.79 Å². The SMILES string of the molecule is C=CCC1(CC=C)SCCC1=NOC(=O)NC. The van der Waals surface area contributed by atoms with E-state index in [1.807, 2.05) is 23.9 Å². The molecule has 1 aliphatic heterocycles. The van der Waals surface area contributed by atoms with E-state index in [1.165, 1.54) is 7.05 Å². The number of amides is 1. The quantitative estimate of drug-likeness (QED) is 0.466. The average Bonchev–Trinajstić information content (AvgIpc) is 2.70.